The van der Waals surface area contributed by atoms with Crippen LogP contribution in [0.5, 0.6) is 5.75 Å². The minimum Gasteiger partial charge on any atom is -0.489 e. The van der Waals surface area contributed by atoms with E-state index in [-0.39, 0.29) is 5.56 Å². The molecule has 0 spiro atoms. The quantitative estimate of drug-likeness (QED) is 0.559. The van der Waals surface area contributed by atoms with E-state index in [1.54, 1.807) is 6.07 Å². The van der Waals surface area contributed by atoms with Crippen molar-refractivity contribution in [3.05, 3.63) is 65.4 Å². The van der Waals surface area contributed by atoms with Gasteiger partial charge in [0.15, 0.2) is 0 Å². The third-order valence-electron chi connectivity index (χ3n) is 3.65. The van der Waals surface area contributed by atoms with Gasteiger partial charge in [0.05, 0.1) is 5.56 Å². The second-order valence-electron chi connectivity index (χ2n) is 5.27. The van der Waals surface area contributed by atoms with Crippen LogP contribution >= 0.6 is 0 Å². The van der Waals surface area contributed by atoms with Crippen LogP contribution in [0.25, 0.3) is 10.9 Å². The van der Waals surface area contributed by atoms with Gasteiger partial charge in [-0.15, -0.1) is 0 Å². The topological polar surface area (TPSA) is 79.4 Å². The number of aryl methyl sites for hydroxylation is 1. The maximum atomic E-state index is 11.7. The van der Waals surface area contributed by atoms with Crippen LogP contribution < -0.4 is 4.74 Å². The Hall–Kier alpha value is -3.08. The molecule has 1 heterocycles. The smallest absolute Gasteiger partial charge is 0.377 e. The first kappa shape index (κ1) is 14.8. The molecular formula is C18H15NO4. The van der Waals surface area contributed by atoms with Crippen molar-refractivity contribution >= 4 is 22.7 Å². The lowest BCUT2D eigenvalue weighted by Gasteiger charge is -2.10. The number of aromatic amines is 1. The van der Waals surface area contributed by atoms with Gasteiger partial charge >= 0.3 is 5.97 Å². The first-order chi connectivity index (χ1) is 11.1. The number of carboxylic acid groups (broad SMARTS) is 1. The predicted octanol–water partition coefficient (Wildman–Crippen LogP) is 3.32. The summed E-state index contributed by atoms with van der Waals surface area (Å²) in [4.78, 5) is 25.6. The van der Waals surface area contributed by atoms with Crippen molar-refractivity contribution in [1.29, 1.82) is 0 Å². The largest absolute Gasteiger partial charge is 0.489 e. The van der Waals surface area contributed by atoms with Crippen molar-refractivity contribution in [3.8, 4) is 5.75 Å². The maximum absolute atomic E-state index is 11.7. The number of H-pyrrole nitrogens is 1. The lowest BCUT2D eigenvalue weighted by Crippen LogP contribution is -2.12. The third kappa shape index (κ3) is 2.94. The molecule has 2 N–H and O–H groups in total. The van der Waals surface area contributed by atoms with E-state index >= 15 is 0 Å². The molecule has 0 atom stereocenters. The number of hydrogen-bond donors (Lipinski definition) is 2. The van der Waals surface area contributed by atoms with Gasteiger partial charge in [-0.05, 0) is 30.2 Å². The summed E-state index contributed by atoms with van der Waals surface area (Å²) in [7, 11) is 0. The molecule has 116 valence electrons. The number of Topliss-reactive ketones (excluding diaryl/α,β-unsaturated/α-hetero) is 1. The monoisotopic (exact) mass is 309 g/mol. The number of ketones is 1. The molecule has 5 nitrogen and oxygen atoms in total. The minimum absolute atomic E-state index is 0.136. The van der Waals surface area contributed by atoms with E-state index in [2.05, 4.69) is 4.98 Å². The van der Waals surface area contributed by atoms with E-state index in [1.807, 2.05) is 43.3 Å². The normalized spacial score (nSPS) is 10.7. The van der Waals surface area contributed by atoms with Crippen LogP contribution in [0.1, 0.15) is 21.5 Å². The van der Waals surface area contributed by atoms with Crippen molar-refractivity contribution in [2.24, 2.45) is 0 Å². The molecule has 0 aliphatic rings. The zero-order chi connectivity index (χ0) is 16.4. The van der Waals surface area contributed by atoms with E-state index < -0.39 is 11.8 Å². The number of carbonyl (C=O) groups is 2. The van der Waals surface area contributed by atoms with Crippen molar-refractivity contribution in [2.75, 3.05) is 0 Å². The predicted molar refractivity (Wildman–Crippen MR) is 85.8 cm³/mol. The highest BCUT2D eigenvalue weighted by atomic mass is 16.5. The highest BCUT2D eigenvalue weighted by Crippen LogP contribution is 2.28. The van der Waals surface area contributed by atoms with Crippen LogP contribution in [0.4, 0.5) is 0 Å². The van der Waals surface area contributed by atoms with Gasteiger partial charge in [0, 0.05) is 17.1 Å². The van der Waals surface area contributed by atoms with E-state index in [0.29, 0.717) is 23.3 Å². The summed E-state index contributed by atoms with van der Waals surface area (Å²) < 4.78 is 5.82. The van der Waals surface area contributed by atoms with Crippen LogP contribution in [0.15, 0.2) is 48.7 Å². The summed E-state index contributed by atoms with van der Waals surface area (Å²) in [5.74, 6) is -1.78. The molecule has 0 aliphatic carbocycles. The average molecular weight is 309 g/mol. The molecule has 0 fully saturated rings. The molecule has 0 bridgehead atoms. The van der Waals surface area contributed by atoms with Crippen molar-refractivity contribution in [1.82, 2.24) is 4.98 Å². The average Bonchev–Trinajstić information content (AvgIpc) is 2.95. The number of hydrogen-bond acceptors (Lipinski definition) is 3. The van der Waals surface area contributed by atoms with Crippen molar-refractivity contribution in [2.45, 2.75) is 13.5 Å². The fourth-order valence-electron chi connectivity index (χ4n) is 2.45. The van der Waals surface area contributed by atoms with Crippen LogP contribution in [0.3, 0.4) is 0 Å². The Balaban J connectivity index is 1.94. The summed E-state index contributed by atoms with van der Waals surface area (Å²) in [6.07, 6.45) is 1.42. The number of benzene rings is 2. The Kier molecular flexibility index (Phi) is 3.85. The van der Waals surface area contributed by atoms with Crippen LogP contribution in [-0.4, -0.2) is 21.8 Å². The molecule has 1 aromatic heterocycles. The summed E-state index contributed by atoms with van der Waals surface area (Å²) >= 11 is 0. The van der Waals surface area contributed by atoms with Gasteiger partial charge < -0.3 is 14.8 Å². The summed E-state index contributed by atoms with van der Waals surface area (Å²) in [5, 5.41) is 9.44. The zero-order valence-corrected chi connectivity index (χ0v) is 12.5. The van der Waals surface area contributed by atoms with Gasteiger partial charge in [-0.3, -0.25) is 4.79 Å². The fraction of sp³-hybridized carbons (Fsp3) is 0.111. The Morgan fingerprint density at radius 3 is 2.61 bits per heavy atom. The third-order valence-corrected chi connectivity index (χ3v) is 3.65. The zero-order valence-electron chi connectivity index (χ0n) is 12.5. The summed E-state index contributed by atoms with van der Waals surface area (Å²) in [6.45, 7) is 2.30. The van der Waals surface area contributed by atoms with Crippen LogP contribution in [0, 0.1) is 6.92 Å². The molecule has 0 saturated heterocycles. The lowest BCUT2D eigenvalue weighted by molar-refractivity contribution is -0.131. The van der Waals surface area contributed by atoms with Gasteiger partial charge in [-0.2, -0.15) is 0 Å². The maximum Gasteiger partial charge on any atom is 0.377 e. The molecule has 0 unspecified atom stereocenters. The number of nitrogens with one attached hydrogen (secondary N) is 1. The Bertz CT molecular complexity index is 881. The highest BCUT2D eigenvalue weighted by molar-refractivity contribution is 6.42. The van der Waals surface area contributed by atoms with Gasteiger partial charge in [-0.25, -0.2) is 4.79 Å². The fourth-order valence-corrected chi connectivity index (χ4v) is 2.45. The summed E-state index contributed by atoms with van der Waals surface area (Å²) in [5.41, 5.74) is 2.78. The standard InChI is InChI=1S/C18H15NO4/c1-11-7-15-13(14(9-19-15)17(20)18(21)22)8-16(11)23-10-12-5-3-2-4-6-12/h2-9,19H,10H2,1H3,(H,21,22). The molecular weight excluding hydrogens is 294 g/mol. The van der Waals surface area contributed by atoms with E-state index in [4.69, 9.17) is 9.84 Å². The SMILES string of the molecule is Cc1cc2[nH]cc(C(=O)C(=O)O)c2cc1OCc1ccccc1. The molecule has 0 saturated carbocycles. The van der Waals surface area contributed by atoms with Gasteiger partial charge in [0.2, 0.25) is 0 Å². The second-order valence-corrected chi connectivity index (χ2v) is 5.27. The highest BCUT2D eigenvalue weighted by Gasteiger charge is 2.19. The minimum atomic E-state index is -1.47. The number of aliphatic carboxylic acids is 1. The molecule has 0 aliphatic heterocycles. The molecule has 5 heteroatoms. The molecule has 3 rings (SSSR count). The van der Waals surface area contributed by atoms with E-state index in [1.165, 1.54) is 6.20 Å². The molecule has 3 aromatic rings. The molecule has 23 heavy (non-hydrogen) atoms. The first-order valence-corrected chi connectivity index (χ1v) is 7.12. The Labute approximate surface area is 132 Å². The van der Waals surface area contributed by atoms with Crippen LogP contribution in [0.2, 0.25) is 0 Å². The Morgan fingerprint density at radius 2 is 1.91 bits per heavy atom. The summed E-state index contributed by atoms with van der Waals surface area (Å²) in [6, 6.07) is 13.3. The van der Waals surface area contributed by atoms with Crippen LogP contribution in [-0.2, 0) is 11.4 Å². The second kappa shape index (κ2) is 5.96. The number of ether oxygens (including phenoxy) is 1. The van der Waals surface area contributed by atoms with E-state index in [0.717, 1.165) is 11.1 Å². The Morgan fingerprint density at radius 1 is 1.17 bits per heavy atom. The van der Waals surface area contributed by atoms with Crippen molar-refractivity contribution in [3.63, 3.8) is 0 Å². The number of carbonyl (C=O) groups excluding carboxylic acids is 1. The van der Waals surface area contributed by atoms with Crippen molar-refractivity contribution < 1.29 is 19.4 Å². The lowest BCUT2D eigenvalue weighted by atomic mass is 10.1. The van der Waals surface area contributed by atoms with Gasteiger partial charge in [0.25, 0.3) is 5.78 Å². The number of aromatic nitrogens is 1. The molecule has 2 aromatic carbocycles. The number of rotatable bonds is 5. The van der Waals surface area contributed by atoms with Gasteiger partial charge in [0.1, 0.15) is 12.4 Å². The molecule has 0 radical (unpaired) electrons. The molecule has 0 amide bonds. The van der Waals surface area contributed by atoms with Gasteiger partial charge in [-0.1, -0.05) is 30.3 Å². The first-order valence-electron chi connectivity index (χ1n) is 7.12. The number of carboxylic acids is 1. The number of fused-ring (bicyclic) bond motifs is 1. The van der Waals surface area contributed by atoms with E-state index in [9.17, 15) is 9.59 Å².